The lowest BCUT2D eigenvalue weighted by Gasteiger charge is -2.12. The second-order valence-electron chi connectivity index (χ2n) is 4.42. The van der Waals surface area contributed by atoms with E-state index in [4.69, 9.17) is 4.42 Å². The van der Waals surface area contributed by atoms with Crippen molar-refractivity contribution in [3.8, 4) is 0 Å². The number of anilines is 2. The second-order valence-corrected chi connectivity index (χ2v) is 4.42. The van der Waals surface area contributed by atoms with E-state index >= 15 is 0 Å². The summed E-state index contributed by atoms with van der Waals surface area (Å²) in [6.45, 7) is 8.60. The monoisotopic (exact) mass is 261 g/mol. The van der Waals surface area contributed by atoms with E-state index in [1.807, 2.05) is 33.8 Å². The lowest BCUT2D eigenvalue weighted by molar-refractivity contribution is 0.453. The van der Waals surface area contributed by atoms with E-state index in [1.165, 1.54) is 0 Å². The predicted molar refractivity (Wildman–Crippen MR) is 74.2 cm³/mol. The summed E-state index contributed by atoms with van der Waals surface area (Å²) >= 11 is 0. The van der Waals surface area contributed by atoms with Crippen molar-refractivity contribution >= 4 is 11.8 Å². The summed E-state index contributed by atoms with van der Waals surface area (Å²) in [4.78, 5) is 12.9. The molecular weight excluding hydrogens is 242 g/mol. The van der Waals surface area contributed by atoms with Crippen LogP contribution in [0.25, 0.3) is 0 Å². The van der Waals surface area contributed by atoms with Crippen LogP contribution in [-0.2, 0) is 0 Å². The highest BCUT2D eigenvalue weighted by Crippen LogP contribution is 2.18. The maximum absolute atomic E-state index is 5.49. The van der Waals surface area contributed by atoms with Crippen molar-refractivity contribution in [3.63, 3.8) is 0 Å². The summed E-state index contributed by atoms with van der Waals surface area (Å²) in [7, 11) is 0. The van der Waals surface area contributed by atoms with Crippen molar-refractivity contribution in [2.24, 2.45) is 0 Å². The number of hydrogen-bond donors (Lipinski definition) is 2. The minimum absolute atomic E-state index is 0.0440. The van der Waals surface area contributed by atoms with Crippen molar-refractivity contribution in [2.45, 2.75) is 33.7 Å². The van der Waals surface area contributed by atoms with E-state index in [9.17, 15) is 0 Å². The largest absolute Gasteiger partial charge is 0.444 e. The Bertz CT molecular complexity index is 552. The van der Waals surface area contributed by atoms with Crippen LogP contribution in [0.3, 0.4) is 0 Å². The summed E-state index contributed by atoms with van der Waals surface area (Å²) in [6.07, 6.45) is 1.71. The van der Waals surface area contributed by atoms with Crippen LogP contribution in [0.15, 0.2) is 16.7 Å². The van der Waals surface area contributed by atoms with Gasteiger partial charge >= 0.3 is 0 Å². The van der Waals surface area contributed by atoms with Gasteiger partial charge in [0.2, 0.25) is 11.8 Å². The molecule has 19 heavy (non-hydrogen) atoms. The fourth-order valence-electron chi connectivity index (χ4n) is 1.74. The van der Waals surface area contributed by atoms with Gasteiger partial charge < -0.3 is 15.1 Å². The number of aromatic nitrogens is 3. The highest BCUT2D eigenvalue weighted by Gasteiger charge is 2.12. The van der Waals surface area contributed by atoms with Crippen LogP contribution in [0, 0.1) is 13.8 Å². The van der Waals surface area contributed by atoms with Crippen LogP contribution >= 0.6 is 0 Å². The molecule has 0 spiro atoms. The van der Waals surface area contributed by atoms with Crippen molar-refractivity contribution in [1.29, 1.82) is 0 Å². The molecule has 2 aromatic rings. The molecule has 0 amide bonds. The number of nitrogens with one attached hydrogen (secondary N) is 2. The van der Waals surface area contributed by atoms with Gasteiger partial charge in [0, 0.05) is 18.3 Å². The topological polar surface area (TPSA) is 75.9 Å². The van der Waals surface area contributed by atoms with Gasteiger partial charge in [-0.25, -0.2) is 9.97 Å². The number of hydrogen-bond acceptors (Lipinski definition) is 6. The third kappa shape index (κ3) is 3.43. The van der Waals surface area contributed by atoms with Gasteiger partial charge in [0.1, 0.15) is 17.6 Å². The van der Waals surface area contributed by atoms with E-state index < -0.39 is 0 Å². The Morgan fingerprint density at radius 2 is 2.11 bits per heavy atom. The lowest BCUT2D eigenvalue weighted by atomic mass is 10.3. The Hall–Kier alpha value is -2.11. The minimum Gasteiger partial charge on any atom is -0.444 e. The van der Waals surface area contributed by atoms with Gasteiger partial charge in [0.15, 0.2) is 0 Å². The Kier molecular flexibility index (Phi) is 3.99. The maximum atomic E-state index is 5.49. The molecule has 0 aromatic carbocycles. The molecule has 0 bridgehead atoms. The highest BCUT2D eigenvalue weighted by atomic mass is 16.4. The third-order valence-corrected chi connectivity index (χ3v) is 2.56. The van der Waals surface area contributed by atoms with Crippen LogP contribution in [0.2, 0.25) is 0 Å². The highest BCUT2D eigenvalue weighted by molar-refractivity contribution is 5.43. The first-order valence-electron chi connectivity index (χ1n) is 6.37. The van der Waals surface area contributed by atoms with Crippen LogP contribution in [0.5, 0.6) is 0 Å². The quantitative estimate of drug-likeness (QED) is 0.861. The molecule has 0 radical (unpaired) electrons. The average molecular weight is 261 g/mol. The van der Waals surface area contributed by atoms with Gasteiger partial charge in [-0.3, -0.25) is 0 Å². The predicted octanol–water partition coefficient (Wildman–Crippen LogP) is 2.69. The molecule has 102 valence electrons. The van der Waals surface area contributed by atoms with E-state index in [2.05, 4.69) is 25.6 Å². The molecule has 0 saturated carbocycles. The fourth-order valence-corrected chi connectivity index (χ4v) is 1.74. The lowest BCUT2D eigenvalue weighted by Crippen LogP contribution is -2.11. The minimum atomic E-state index is -0.0440. The van der Waals surface area contributed by atoms with Gasteiger partial charge in [0.05, 0.1) is 6.20 Å². The first-order chi connectivity index (χ1) is 9.08. The van der Waals surface area contributed by atoms with Gasteiger partial charge in [-0.1, -0.05) is 0 Å². The smallest absolute Gasteiger partial charge is 0.224 e. The van der Waals surface area contributed by atoms with Gasteiger partial charge in [0.25, 0.3) is 0 Å². The van der Waals surface area contributed by atoms with Gasteiger partial charge in [-0.15, -0.1) is 0 Å². The van der Waals surface area contributed by atoms with Crippen LogP contribution < -0.4 is 10.6 Å². The molecule has 0 aliphatic carbocycles. The zero-order valence-electron chi connectivity index (χ0n) is 11.7. The van der Waals surface area contributed by atoms with E-state index in [0.717, 1.165) is 23.8 Å². The summed E-state index contributed by atoms with van der Waals surface area (Å²) in [5, 5.41) is 6.37. The molecular formula is C13H19N5O. The first-order valence-corrected chi connectivity index (χ1v) is 6.37. The summed E-state index contributed by atoms with van der Waals surface area (Å²) < 4.78 is 5.49. The molecule has 1 unspecified atom stereocenters. The molecule has 2 aromatic heterocycles. The van der Waals surface area contributed by atoms with E-state index in [-0.39, 0.29) is 6.04 Å². The standard InChI is InChI=1S/C13H19N5O/c1-5-14-13-16-8(2)6-11(18-13)17-10(4)12-15-7-9(3)19-12/h6-7,10H,5H2,1-4H3,(H2,14,16,17,18). The molecule has 0 saturated heterocycles. The number of oxazole rings is 1. The molecule has 6 heteroatoms. The number of aryl methyl sites for hydroxylation is 2. The molecule has 2 rings (SSSR count). The van der Waals surface area contributed by atoms with Crippen molar-refractivity contribution in [1.82, 2.24) is 15.0 Å². The first kappa shape index (κ1) is 13.3. The van der Waals surface area contributed by atoms with Crippen LogP contribution in [0.1, 0.15) is 37.2 Å². The van der Waals surface area contributed by atoms with Gasteiger partial charge in [-0.05, 0) is 27.7 Å². The molecule has 2 N–H and O–H groups in total. The Balaban J connectivity index is 2.14. The van der Waals surface area contributed by atoms with Crippen molar-refractivity contribution in [3.05, 3.63) is 29.6 Å². The van der Waals surface area contributed by atoms with Crippen molar-refractivity contribution in [2.75, 3.05) is 17.2 Å². The zero-order valence-corrected chi connectivity index (χ0v) is 11.7. The van der Waals surface area contributed by atoms with E-state index in [1.54, 1.807) is 6.20 Å². The Labute approximate surface area is 112 Å². The molecule has 0 aliphatic heterocycles. The summed E-state index contributed by atoms with van der Waals surface area (Å²) in [6, 6.07) is 1.85. The number of rotatable bonds is 5. The zero-order chi connectivity index (χ0) is 13.8. The number of nitrogens with zero attached hydrogens (tertiary/aromatic N) is 3. The van der Waals surface area contributed by atoms with Gasteiger partial charge in [-0.2, -0.15) is 4.98 Å². The molecule has 0 aliphatic rings. The second kappa shape index (κ2) is 5.69. The maximum Gasteiger partial charge on any atom is 0.224 e. The average Bonchev–Trinajstić information content (AvgIpc) is 2.75. The van der Waals surface area contributed by atoms with E-state index in [0.29, 0.717) is 11.8 Å². The molecule has 2 heterocycles. The van der Waals surface area contributed by atoms with Crippen LogP contribution in [-0.4, -0.2) is 21.5 Å². The van der Waals surface area contributed by atoms with Crippen molar-refractivity contribution < 1.29 is 4.42 Å². The van der Waals surface area contributed by atoms with Crippen LogP contribution in [0.4, 0.5) is 11.8 Å². The summed E-state index contributed by atoms with van der Waals surface area (Å²) in [5.74, 6) is 2.84. The fraction of sp³-hybridized carbons (Fsp3) is 0.462. The molecule has 0 fully saturated rings. The molecule has 1 atom stereocenters. The Morgan fingerprint density at radius 3 is 2.74 bits per heavy atom. The normalized spacial score (nSPS) is 12.2. The summed E-state index contributed by atoms with van der Waals surface area (Å²) in [5.41, 5.74) is 0.907. The SMILES string of the molecule is CCNc1nc(C)cc(NC(C)c2ncc(C)o2)n1. The third-order valence-electron chi connectivity index (χ3n) is 2.56. The molecule has 6 nitrogen and oxygen atoms in total. The Morgan fingerprint density at radius 1 is 1.32 bits per heavy atom.